The van der Waals surface area contributed by atoms with E-state index in [2.05, 4.69) is 15.6 Å². The summed E-state index contributed by atoms with van der Waals surface area (Å²) in [4.78, 5) is 21.9. The number of carbonyl (C=O) groups excluding carboxylic acids is 1. The van der Waals surface area contributed by atoms with Gasteiger partial charge in [-0.05, 0) is 0 Å². The Labute approximate surface area is 185 Å². The van der Waals surface area contributed by atoms with Crippen LogP contribution >= 0.6 is 0 Å². The number of fused-ring (bicyclic) bond motifs is 1. The van der Waals surface area contributed by atoms with Gasteiger partial charge in [0.05, 0.1) is 0 Å². The number of anilines is 1. The molecular formula is C22H20BN4O5. The van der Waals surface area contributed by atoms with E-state index in [-0.39, 0.29) is 17.2 Å². The Kier molecular flexibility index (Phi) is 5.68. The van der Waals surface area contributed by atoms with Gasteiger partial charge in [0.1, 0.15) is 0 Å². The van der Waals surface area contributed by atoms with Crippen LogP contribution in [0.1, 0.15) is 10.5 Å². The van der Waals surface area contributed by atoms with E-state index in [9.17, 15) is 4.79 Å². The molecule has 0 saturated carbocycles. The van der Waals surface area contributed by atoms with Gasteiger partial charge in [0, 0.05) is 0 Å². The first-order chi connectivity index (χ1) is 15.5. The summed E-state index contributed by atoms with van der Waals surface area (Å²) in [7, 11) is 12.0. The van der Waals surface area contributed by atoms with Crippen molar-refractivity contribution in [3.8, 4) is 45.5 Å². The Morgan fingerprint density at radius 2 is 1.25 bits per heavy atom. The molecule has 1 amide bonds. The topological polar surface area (TPSA) is 104 Å². The minimum absolute atomic E-state index is 0.0687. The average molecular weight is 431 g/mol. The summed E-state index contributed by atoms with van der Waals surface area (Å²) in [6, 6.07) is 10.6. The van der Waals surface area contributed by atoms with E-state index in [4.69, 9.17) is 31.4 Å². The monoisotopic (exact) mass is 431 g/mol. The van der Waals surface area contributed by atoms with Crippen LogP contribution in [0.15, 0.2) is 36.4 Å². The van der Waals surface area contributed by atoms with Crippen LogP contribution in [-0.4, -0.2) is 57.5 Å². The molecule has 1 aliphatic rings. The van der Waals surface area contributed by atoms with Crippen LogP contribution in [-0.2, 0) is 0 Å². The fourth-order valence-corrected chi connectivity index (χ4v) is 3.39. The van der Waals surface area contributed by atoms with Gasteiger partial charge < -0.3 is 0 Å². The molecule has 0 spiro atoms. The molecule has 1 aliphatic heterocycles. The Balaban J connectivity index is 2.03. The Morgan fingerprint density at radius 1 is 0.719 bits per heavy atom. The van der Waals surface area contributed by atoms with Crippen molar-refractivity contribution in [3.63, 3.8) is 0 Å². The van der Waals surface area contributed by atoms with Crippen LogP contribution in [0.3, 0.4) is 0 Å². The molecule has 0 aliphatic carbocycles. The van der Waals surface area contributed by atoms with Crippen molar-refractivity contribution in [2.75, 3.05) is 33.8 Å². The van der Waals surface area contributed by atoms with E-state index < -0.39 is 5.91 Å². The molecule has 2 heterocycles. The summed E-state index contributed by atoms with van der Waals surface area (Å²) in [6.07, 6.45) is 0. The van der Waals surface area contributed by atoms with Crippen molar-refractivity contribution in [2.24, 2.45) is 0 Å². The van der Waals surface area contributed by atoms with Crippen molar-refractivity contribution in [1.82, 2.24) is 15.3 Å². The summed E-state index contributed by atoms with van der Waals surface area (Å²) in [6.45, 7) is 0. The average Bonchev–Trinajstić information content (AvgIpc) is 2.82. The minimum atomic E-state index is -0.467. The molecule has 1 aromatic heterocycles. The van der Waals surface area contributed by atoms with E-state index in [1.807, 2.05) is 6.07 Å². The second-order valence-corrected chi connectivity index (χ2v) is 6.74. The molecule has 161 valence electrons. The SMILES string of the molecule is [B]=C1NC(=O)c2nc(-c3ccc(OC)cc3OC)c(-c3ccc(OC)cc3OC)nc2N1. The van der Waals surface area contributed by atoms with Gasteiger partial charge in [0.2, 0.25) is 0 Å². The molecule has 3 aromatic rings. The Hall–Kier alpha value is -4.08. The maximum atomic E-state index is 12.5. The molecule has 4 rings (SSSR count). The summed E-state index contributed by atoms with van der Waals surface area (Å²) >= 11 is 0. The number of ether oxygens (including phenoxy) is 4. The molecule has 0 unspecified atom stereocenters. The fraction of sp³-hybridized carbons (Fsp3) is 0.182. The molecule has 2 aromatic carbocycles. The summed E-state index contributed by atoms with van der Waals surface area (Å²) in [5.41, 5.74) is 2.31. The Morgan fingerprint density at radius 3 is 1.75 bits per heavy atom. The van der Waals surface area contributed by atoms with Gasteiger partial charge in [-0.3, -0.25) is 0 Å². The van der Waals surface area contributed by atoms with Crippen LogP contribution in [0.25, 0.3) is 22.5 Å². The number of hydrogen-bond acceptors (Lipinski definition) is 8. The van der Waals surface area contributed by atoms with E-state index >= 15 is 0 Å². The zero-order valence-electron chi connectivity index (χ0n) is 18.0. The molecule has 1 radical (unpaired) electrons. The van der Waals surface area contributed by atoms with Gasteiger partial charge >= 0.3 is 185 Å². The fourth-order valence-electron chi connectivity index (χ4n) is 3.39. The number of nitrogens with one attached hydrogen (secondary N) is 2. The summed E-state index contributed by atoms with van der Waals surface area (Å²) in [5, 5.41) is 5.37. The number of nitrogens with zero attached hydrogens (tertiary/aromatic N) is 2. The molecule has 0 bridgehead atoms. The van der Waals surface area contributed by atoms with Crippen molar-refractivity contribution >= 4 is 24.9 Å². The molecule has 10 heteroatoms. The number of hydrogen-bond donors (Lipinski definition) is 2. The van der Waals surface area contributed by atoms with Crippen LogP contribution in [0, 0.1) is 0 Å². The standard InChI is InChI=1S/C22H20BN4O5/c1-29-11-5-7-13(15(9-11)31-3)17-18(14-8-6-12(30-2)10-16(14)32-4)25-20-19(24-17)21(28)27-22(23)26-20/h5-10H,1-4H3,(H,25,26)(H,27,28). The second kappa shape index (κ2) is 8.58. The predicted octanol–water partition coefficient (Wildman–Crippen LogP) is 2.26. The number of rotatable bonds is 6. The molecular weight excluding hydrogens is 411 g/mol. The van der Waals surface area contributed by atoms with Crippen LogP contribution in [0.4, 0.5) is 5.82 Å². The third-order valence-corrected chi connectivity index (χ3v) is 4.94. The zero-order chi connectivity index (χ0) is 22.8. The van der Waals surface area contributed by atoms with Gasteiger partial charge in [0.25, 0.3) is 0 Å². The van der Waals surface area contributed by atoms with Crippen molar-refractivity contribution in [2.45, 2.75) is 0 Å². The van der Waals surface area contributed by atoms with Crippen LogP contribution in [0.5, 0.6) is 23.0 Å². The van der Waals surface area contributed by atoms with Crippen molar-refractivity contribution in [3.05, 3.63) is 42.1 Å². The molecule has 0 saturated heterocycles. The summed E-state index contributed by atoms with van der Waals surface area (Å²) in [5.74, 6) is 2.02. The van der Waals surface area contributed by atoms with E-state index in [1.165, 1.54) is 0 Å². The predicted molar refractivity (Wildman–Crippen MR) is 121 cm³/mol. The van der Waals surface area contributed by atoms with Crippen LogP contribution < -0.4 is 29.6 Å². The number of amides is 1. The quantitative estimate of drug-likeness (QED) is 0.573. The molecule has 0 atom stereocenters. The van der Waals surface area contributed by atoms with Gasteiger partial charge in [-0.25, -0.2) is 0 Å². The van der Waals surface area contributed by atoms with Gasteiger partial charge in [-0.15, -0.1) is 0 Å². The van der Waals surface area contributed by atoms with Gasteiger partial charge in [-0.2, -0.15) is 0 Å². The number of benzene rings is 2. The van der Waals surface area contributed by atoms with Crippen molar-refractivity contribution < 1.29 is 23.7 Å². The first-order valence-corrected chi connectivity index (χ1v) is 9.56. The first-order valence-electron chi connectivity index (χ1n) is 9.56. The number of methoxy groups -OCH3 is 4. The van der Waals surface area contributed by atoms with Gasteiger partial charge in [0.15, 0.2) is 0 Å². The van der Waals surface area contributed by atoms with E-state index in [1.54, 1.807) is 58.8 Å². The normalized spacial score (nSPS) is 12.3. The van der Waals surface area contributed by atoms with E-state index in [0.29, 0.717) is 45.5 Å². The second-order valence-electron chi connectivity index (χ2n) is 6.74. The molecule has 9 nitrogen and oxygen atoms in total. The third kappa shape index (κ3) is 3.71. The maximum absolute atomic E-state index is 12.5. The van der Waals surface area contributed by atoms with Crippen LogP contribution in [0.2, 0.25) is 0 Å². The van der Waals surface area contributed by atoms with E-state index in [0.717, 1.165) is 0 Å². The third-order valence-electron chi connectivity index (χ3n) is 4.94. The van der Waals surface area contributed by atoms with Crippen molar-refractivity contribution in [1.29, 1.82) is 0 Å². The zero-order valence-corrected chi connectivity index (χ0v) is 18.0. The first kappa shape index (κ1) is 21.2. The number of aromatic nitrogens is 2. The molecule has 0 fully saturated rings. The Bertz CT molecular complexity index is 1230. The molecule has 32 heavy (non-hydrogen) atoms. The summed E-state index contributed by atoms with van der Waals surface area (Å²) < 4.78 is 21.8. The van der Waals surface area contributed by atoms with Gasteiger partial charge in [-0.1, -0.05) is 0 Å². The number of carbonyl (C=O) groups is 1. The molecule has 2 N–H and O–H groups in total.